The number of rotatable bonds is 1. The Morgan fingerprint density at radius 3 is 2.47 bits per heavy atom. The van der Waals surface area contributed by atoms with E-state index in [-0.39, 0.29) is 11.4 Å². The molecule has 1 atom stereocenters. The van der Waals surface area contributed by atoms with Crippen molar-refractivity contribution in [3.63, 3.8) is 0 Å². The van der Waals surface area contributed by atoms with Gasteiger partial charge < -0.3 is 9.47 Å². The molecule has 0 fully saturated rings. The number of hydrogen-bond acceptors (Lipinski definition) is 4. The van der Waals surface area contributed by atoms with E-state index in [0.29, 0.717) is 5.90 Å². The smallest absolute Gasteiger partial charge is 0.304 e. The molecular weight excluding hydrogens is 218 g/mol. The molecule has 0 aromatic rings. The van der Waals surface area contributed by atoms with Crippen LogP contribution in [0.5, 0.6) is 0 Å². The van der Waals surface area contributed by atoms with Crippen LogP contribution in [0.4, 0.5) is 0 Å². The summed E-state index contributed by atoms with van der Waals surface area (Å²) in [6.45, 7) is 7.63. The Labute approximate surface area is 102 Å². The molecule has 17 heavy (non-hydrogen) atoms. The highest BCUT2D eigenvalue weighted by molar-refractivity contribution is 5.88. The van der Waals surface area contributed by atoms with Gasteiger partial charge in [0.25, 0.3) is 0 Å². The highest BCUT2D eigenvalue weighted by atomic mass is 16.6. The Morgan fingerprint density at radius 2 is 2.00 bits per heavy atom. The first-order chi connectivity index (χ1) is 7.82. The molecule has 0 saturated carbocycles. The van der Waals surface area contributed by atoms with Crippen molar-refractivity contribution in [2.75, 3.05) is 7.11 Å². The predicted molar refractivity (Wildman–Crippen MR) is 66.7 cm³/mol. The zero-order chi connectivity index (χ0) is 13.1. The third-order valence-corrected chi connectivity index (χ3v) is 2.34. The lowest BCUT2D eigenvalue weighted by Crippen LogP contribution is -2.16. The van der Waals surface area contributed by atoms with Gasteiger partial charge in [-0.1, -0.05) is 26.8 Å². The molecule has 1 heterocycles. The fourth-order valence-electron chi connectivity index (χ4n) is 1.43. The fraction of sp³-hybridized carbons (Fsp3) is 0.538. The highest BCUT2D eigenvalue weighted by Gasteiger charge is 2.20. The van der Waals surface area contributed by atoms with Crippen molar-refractivity contribution in [2.24, 2.45) is 10.4 Å². The fourth-order valence-corrected chi connectivity index (χ4v) is 1.43. The number of nitrogens with zero attached hydrogens (tertiary/aromatic N) is 1. The molecule has 0 radical (unpaired) electrons. The Kier molecular flexibility index (Phi) is 4.10. The minimum atomic E-state index is -0.619. The number of esters is 1. The van der Waals surface area contributed by atoms with E-state index < -0.39 is 6.23 Å². The van der Waals surface area contributed by atoms with Gasteiger partial charge in [0, 0.05) is 13.0 Å². The van der Waals surface area contributed by atoms with Crippen LogP contribution in [0.1, 0.15) is 27.7 Å². The molecule has 1 unspecified atom stereocenters. The monoisotopic (exact) mass is 237 g/mol. The number of carbonyl (C=O) groups excluding carboxylic acids is 1. The van der Waals surface area contributed by atoms with Gasteiger partial charge in [-0.25, -0.2) is 4.99 Å². The summed E-state index contributed by atoms with van der Waals surface area (Å²) in [5.74, 6) is 0.0902. The van der Waals surface area contributed by atoms with Crippen molar-refractivity contribution in [3.8, 4) is 0 Å². The lowest BCUT2D eigenvalue weighted by Gasteiger charge is -2.20. The van der Waals surface area contributed by atoms with Gasteiger partial charge in [0.1, 0.15) is 0 Å². The summed E-state index contributed by atoms with van der Waals surface area (Å²) in [4.78, 5) is 15.2. The molecule has 0 amide bonds. The van der Waals surface area contributed by atoms with E-state index in [1.54, 1.807) is 6.08 Å². The Morgan fingerprint density at radius 1 is 1.35 bits per heavy atom. The van der Waals surface area contributed by atoms with Crippen LogP contribution in [0.15, 0.2) is 28.8 Å². The average molecular weight is 237 g/mol. The van der Waals surface area contributed by atoms with Gasteiger partial charge in [-0.05, 0) is 17.1 Å². The second-order valence-corrected chi connectivity index (χ2v) is 4.88. The molecule has 0 spiro atoms. The minimum Gasteiger partial charge on any atom is -0.481 e. The number of carbonyl (C=O) groups is 1. The summed E-state index contributed by atoms with van der Waals surface area (Å²) >= 11 is 0. The molecule has 0 bridgehead atoms. The van der Waals surface area contributed by atoms with Crippen LogP contribution < -0.4 is 0 Å². The molecule has 0 aromatic heterocycles. The third kappa shape index (κ3) is 4.06. The maximum atomic E-state index is 11.0. The zero-order valence-corrected chi connectivity index (χ0v) is 11.0. The van der Waals surface area contributed by atoms with Crippen LogP contribution in [0, 0.1) is 5.41 Å². The van der Waals surface area contributed by atoms with Crippen molar-refractivity contribution in [1.29, 1.82) is 0 Å². The van der Waals surface area contributed by atoms with E-state index in [4.69, 9.17) is 9.47 Å². The normalized spacial score (nSPS) is 20.2. The van der Waals surface area contributed by atoms with Gasteiger partial charge in [0.2, 0.25) is 12.1 Å². The van der Waals surface area contributed by atoms with Crippen LogP contribution in [0.2, 0.25) is 0 Å². The van der Waals surface area contributed by atoms with Crippen molar-refractivity contribution in [2.45, 2.75) is 33.9 Å². The van der Waals surface area contributed by atoms with Gasteiger partial charge >= 0.3 is 5.97 Å². The minimum absolute atomic E-state index is 0.0341. The number of ether oxygens (including phenoxy) is 2. The molecule has 1 aliphatic rings. The molecule has 0 N–H and O–H groups in total. The summed E-state index contributed by atoms with van der Waals surface area (Å²) in [7, 11) is 1.54. The SMILES string of the molecule is COC1=NC(OC(C)=O)C=C(C(C)(C)C)C=C1. The lowest BCUT2D eigenvalue weighted by atomic mass is 9.86. The highest BCUT2D eigenvalue weighted by Crippen LogP contribution is 2.28. The number of allylic oxidation sites excluding steroid dienone is 2. The van der Waals surface area contributed by atoms with E-state index in [1.807, 2.05) is 12.2 Å². The Hall–Kier alpha value is -1.58. The van der Waals surface area contributed by atoms with Crippen LogP contribution >= 0.6 is 0 Å². The van der Waals surface area contributed by atoms with Crippen molar-refractivity contribution in [1.82, 2.24) is 0 Å². The van der Waals surface area contributed by atoms with Crippen LogP contribution in [-0.4, -0.2) is 25.2 Å². The van der Waals surface area contributed by atoms with E-state index in [0.717, 1.165) is 5.57 Å². The molecular formula is C13H19NO3. The Balaban J connectivity index is 3.03. The van der Waals surface area contributed by atoms with Gasteiger partial charge in [-0.2, -0.15) is 0 Å². The predicted octanol–water partition coefficient (Wildman–Crippen LogP) is 2.46. The second-order valence-electron chi connectivity index (χ2n) is 4.88. The van der Waals surface area contributed by atoms with Crippen molar-refractivity contribution in [3.05, 3.63) is 23.8 Å². The summed E-state index contributed by atoms with van der Waals surface area (Å²) < 4.78 is 10.2. The number of methoxy groups -OCH3 is 1. The standard InChI is InChI=1S/C13H19NO3/c1-9(15)17-12-8-10(13(2,3)4)6-7-11(14-12)16-5/h6-8,12H,1-5H3. The van der Waals surface area contributed by atoms with Gasteiger partial charge in [-0.3, -0.25) is 4.79 Å². The summed E-state index contributed by atoms with van der Waals surface area (Å²) in [6, 6.07) is 0. The first-order valence-electron chi connectivity index (χ1n) is 5.52. The van der Waals surface area contributed by atoms with Crippen LogP contribution in [0.25, 0.3) is 0 Å². The first-order valence-corrected chi connectivity index (χ1v) is 5.52. The molecule has 94 valence electrons. The molecule has 1 rings (SSSR count). The van der Waals surface area contributed by atoms with Gasteiger partial charge in [-0.15, -0.1) is 0 Å². The van der Waals surface area contributed by atoms with Crippen LogP contribution in [-0.2, 0) is 14.3 Å². The zero-order valence-electron chi connectivity index (χ0n) is 11.0. The number of aliphatic imine (C=N–C) groups is 1. The van der Waals surface area contributed by atoms with Crippen LogP contribution in [0.3, 0.4) is 0 Å². The maximum Gasteiger partial charge on any atom is 0.304 e. The average Bonchev–Trinajstić information content (AvgIpc) is 2.38. The number of hydrogen-bond donors (Lipinski definition) is 0. The molecule has 0 saturated heterocycles. The molecule has 4 heteroatoms. The van der Waals surface area contributed by atoms with E-state index in [1.165, 1.54) is 14.0 Å². The van der Waals surface area contributed by atoms with E-state index in [2.05, 4.69) is 25.8 Å². The van der Waals surface area contributed by atoms with E-state index in [9.17, 15) is 4.79 Å². The summed E-state index contributed by atoms with van der Waals surface area (Å²) in [5.41, 5.74) is 1.02. The summed E-state index contributed by atoms with van der Waals surface area (Å²) in [6.07, 6.45) is 4.93. The largest absolute Gasteiger partial charge is 0.481 e. The summed E-state index contributed by atoms with van der Waals surface area (Å²) in [5, 5.41) is 0. The quantitative estimate of drug-likeness (QED) is 0.658. The molecule has 1 aliphatic heterocycles. The third-order valence-electron chi connectivity index (χ3n) is 2.34. The lowest BCUT2D eigenvalue weighted by molar-refractivity contribution is -0.143. The molecule has 0 aromatic carbocycles. The topological polar surface area (TPSA) is 47.9 Å². The maximum absolute atomic E-state index is 11.0. The first kappa shape index (κ1) is 13.5. The van der Waals surface area contributed by atoms with E-state index >= 15 is 0 Å². The molecule has 4 nitrogen and oxygen atoms in total. The Bertz CT molecular complexity index is 386. The second kappa shape index (κ2) is 5.17. The van der Waals surface area contributed by atoms with Gasteiger partial charge in [0.05, 0.1) is 7.11 Å². The van der Waals surface area contributed by atoms with Crippen molar-refractivity contribution >= 4 is 11.9 Å². The van der Waals surface area contributed by atoms with Crippen molar-refractivity contribution < 1.29 is 14.3 Å². The molecule has 0 aliphatic carbocycles. The van der Waals surface area contributed by atoms with Gasteiger partial charge in [0.15, 0.2) is 0 Å².